The van der Waals surface area contributed by atoms with Crippen molar-refractivity contribution in [2.45, 2.75) is 45.4 Å². The van der Waals surface area contributed by atoms with Gasteiger partial charge < -0.3 is 14.9 Å². The molecular formula is C20H24O5. The van der Waals surface area contributed by atoms with Crippen LogP contribution in [0, 0.1) is 0 Å². The molecule has 0 aliphatic carbocycles. The lowest BCUT2D eigenvalue weighted by Gasteiger charge is -2.11. The molecule has 0 saturated heterocycles. The number of carbonyl (C=O) groups is 2. The summed E-state index contributed by atoms with van der Waals surface area (Å²) in [5, 5.41) is 19.8. The predicted molar refractivity (Wildman–Crippen MR) is 96.7 cm³/mol. The van der Waals surface area contributed by atoms with Gasteiger partial charge in [0.25, 0.3) is 0 Å². The molecule has 2 rings (SSSR count). The number of carboxylic acid groups (broad SMARTS) is 2. The Hall–Kier alpha value is -2.56. The zero-order chi connectivity index (χ0) is 18.2. The molecule has 2 N–H and O–H groups in total. The normalized spacial score (nSPS) is 10.8. The van der Waals surface area contributed by atoms with E-state index in [1.54, 1.807) is 12.1 Å². The number of aromatic carboxylic acids is 2. The molecular weight excluding hydrogens is 320 g/mol. The highest BCUT2D eigenvalue weighted by Crippen LogP contribution is 2.27. The van der Waals surface area contributed by atoms with Crippen LogP contribution in [-0.2, 0) is 0 Å². The van der Waals surface area contributed by atoms with Crippen molar-refractivity contribution in [1.82, 2.24) is 0 Å². The van der Waals surface area contributed by atoms with Gasteiger partial charge in [0.1, 0.15) is 11.3 Å². The van der Waals surface area contributed by atoms with Gasteiger partial charge in [0.15, 0.2) is 0 Å². The van der Waals surface area contributed by atoms with E-state index in [-0.39, 0.29) is 11.1 Å². The van der Waals surface area contributed by atoms with Crippen molar-refractivity contribution in [3.8, 4) is 5.75 Å². The number of hydrogen-bond donors (Lipinski definition) is 2. The van der Waals surface area contributed by atoms with Gasteiger partial charge in [-0.15, -0.1) is 0 Å². The van der Waals surface area contributed by atoms with Gasteiger partial charge in [-0.05, 0) is 41.5 Å². The first kappa shape index (κ1) is 18.8. The molecule has 0 saturated carbocycles. The number of ether oxygens (including phenoxy) is 1. The van der Waals surface area contributed by atoms with E-state index in [9.17, 15) is 14.7 Å². The van der Waals surface area contributed by atoms with E-state index in [2.05, 4.69) is 6.92 Å². The van der Waals surface area contributed by atoms with Crippen molar-refractivity contribution in [3.05, 3.63) is 41.5 Å². The largest absolute Gasteiger partial charge is 0.493 e. The van der Waals surface area contributed by atoms with Gasteiger partial charge in [-0.2, -0.15) is 0 Å². The summed E-state index contributed by atoms with van der Waals surface area (Å²) in [6, 6.07) is 7.79. The van der Waals surface area contributed by atoms with Crippen molar-refractivity contribution in [3.63, 3.8) is 0 Å². The van der Waals surface area contributed by atoms with Crippen molar-refractivity contribution < 1.29 is 24.5 Å². The van der Waals surface area contributed by atoms with E-state index in [0.717, 1.165) is 18.2 Å². The fourth-order valence-corrected chi connectivity index (χ4v) is 2.76. The monoisotopic (exact) mass is 344 g/mol. The van der Waals surface area contributed by atoms with Crippen molar-refractivity contribution in [2.75, 3.05) is 6.61 Å². The summed E-state index contributed by atoms with van der Waals surface area (Å²) in [6.45, 7) is 2.65. The Morgan fingerprint density at radius 1 is 0.880 bits per heavy atom. The fourth-order valence-electron chi connectivity index (χ4n) is 2.76. The predicted octanol–water partition coefficient (Wildman–Crippen LogP) is 4.98. The summed E-state index contributed by atoms with van der Waals surface area (Å²) in [5.74, 6) is -1.79. The summed E-state index contributed by atoms with van der Waals surface area (Å²) in [4.78, 5) is 22.6. The standard InChI is InChI=1S/C20H24O5/c1-2-3-4-5-6-7-10-25-18-13-14-8-9-15(19(21)22)11-16(14)12-17(18)20(23)24/h8-9,11-13H,2-7,10H2,1H3,(H,21,22)(H,23,24). The van der Waals surface area contributed by atoms with Gasteiger partial charge in [-0.1, -0.05) is 45.1 Å². The fraction of sp³-hybridized carbons (Fsp3) is 0.400. The molecule has 0 spiro atoms. The molecule has 0 bridgehead atoms. The number of fused-ring (bicyclic) bond motifs is 1. The SMILES string of the molecule is CCCCCCCCOc1cc2ccc(C(=O)O)cc2cc1C(=O)O. The lowest BCUT2D eigenvalue weighted by Crippen LogP contribution is -2.05. The molecule has 5 nitrogen and oxygen atoms in total. The van der Waals surface area contributed by atoms with E-state index in [4.69, 9.17) is 9.84 Å². The van der Waals surface area contributed by atoms with Gasteiger partial charge in [0.05, 0.1) is 12.2 Å². The molecule has 25 heavy (non-hydrogen) atoms. The number of rotatable bonds is 10. The molecule has 0 unspecified atom stereocenters. The van der Waals surface area contributed by atoms with Crippen LogP contribution in [0.5, 0.6) is 5.75 Å². The second kappa shape index (κ2) is 9.06. The molecule has 0 aliphatic heterocycles. The topological polar surface area (TPSA) is 83.8 Å². The Labute approximate surface area is 147 Å². The molecule has 2 aromatic rings. The minimum Gasteiger partial charge on any atom is -0.493 e. The zero-order valence-corrected chi connectivity index (χ0v) is 14.5. The Morgan fingerprint density at radius 2 is 1.60 bits per heavy atom. The summed E-state index contributed by atoms with van der Waals surface area (Å²) in [7, 11) is 0. The first-order chi connectivity index (χ1) is 12.0. The van der Waals surface area contributed by atoms with Crippen LogP contribution in [0.25, 0.3) is 10.8 Å². The molecule has 2 aromatic carbocycles. The summed E-state index contributed by atoms with van der Waals surface area (Å²) in [6.07, 6.45) is 6.79. The van der Waals surface area contributed by atoms with Crippen LogP contribution in [0.15, 0.2) is 30.3 Å². The van der Waals surface area contributed by atoms with Gasteiger partial charge in [0, 0.05) is 0 Å². The maximum atomic E-state index is 11.5. The minimum absolute atomic E-state index is 0.0565. The maximum absolute atomic E-state index is 11.5. The number of unbranched alkanes of at least 4 members (excludes halogenated alkanes) is 5. The van der Waals surface area contributed by atoms with Gasteiger partial charge in [-0.25, -0.2) is 9.59 Å². The Morgan fingerprint density at radius 3 is 2.28 bits per heavy atom. The van der Waals surface area contributed by atoms with Gasteiger partial charge in [0.2, 0.25) is 0 Å². The molecule has 0 aromatic heterocycles. The van der Waals surface area contributed by atoms with Crippen molar-refractivity contribution in [2.24, 2.45) is 0 Å². The smallest absolute Gasteiger partial charge is 0.339 e. The number of hydrogen-bond acceptors (Lipinski definition) is 3. The van der Waals surface area contributed by atoms with Crippen LogP contribution in [-0.4, -0.2) is 28.8 Å². The lowest BCUT2D eigenvalue weighted by molar-refractivity contribution is 0.0684. The Bertz CT molecular complexity index is 751. The second-order valence-electron chi connectivity index (χ2n) is 6.14. The second-order valence-corrected chi connectivity index (χ2v) is 6.14. The lowest BCUT2D eigenvalue weighted by atomic mass is 10.0. The summed E-state index contributed by atoms with van der Waals surface area (Å²) < 4.78 is 5.69. The third-order valence-corrected chi connectivity index (χ3v) is 4.17. The van der Waals surface area contributed by atoms with Crippen LogP contribution < -0.4 is 4.74 Å². The molecule has 0 heterocycles. The molecule has 0 aliphatic rings. The van der Waals surface area contributed by atoms with E-state index in [1.807, 2.05) is 0 Å². The minimum atomic E-state index is -1.08. The highest BCUT2D eigenvalue weighted by Gasteiger charge is 2.14. The highest BCUT2D eigenvalue weighted by atomic mass is 16.5. The summed E-state index contributed by atoms with van der Waals surface area (Å²) >= 11 is 0. The van der Waals surface area contributed by atoms with Crippen molar-refractivity contribution in [1.29, 1.82) is 0 Å². The highest BCUT2D eigenvalue weighted by molar-refractivity contribution is 6.00. The quantitative estimate of drug-likeness (QED) is 0.594. The molecule has 0 amide bonds. The average molecular weight is 344 g/mol. The van der Waals surface area contributed by atoms with Gasteiger partial charge >= 0.3 is 11.9 Å². The number of carboxylic acids is 2. The van der Waals surface area contributed by atoms with Crippen LogP contribution in [0.3, 0.4) is 0 Å². The Balaban J connectivity index is 2.10. The van der Waals surface area contributed by atoms with E-state index in [0.29, 0.717) is 17.7 Å². The van der Waals surface area contributed by atoms with Crippen LogP contribution >= 0.6 is 0 Å². The average Bonchev–Trinajstić information content (AvgIpc) is 2.59. The molecule has 5 heteroatoms. The maximum Gasteiger partial charge on any atom is 0.339 e. The molecule has 134 valence electrons. The van der Waals surface area contributed by atoms with Crippen LogP contribution in [0.4, 0.5) is 0 Å². The van der Waals surface area contributed by atoms with E-state index >= 15 is 0 Å². The first-order valence-corrected chi connectivity index (χ1v) is 8.70. The van der Waals surface area contributed by atoms with Gasteiger partial charge in [-0.3, -0.25) is 0 Å². The molecule has 0 atom stereocenters. The first-order valence-electron chi connectivity index (χ1n) is 8.70. The van der Waals surface area contributed by atoms with Crippen molar-refractivity contribution >= 4 is 22.7 Å². The van der Waals surface area contributed by atoms with Crippen LogP contribution in [0.1, 0.15) is 66.2 Å². The molecule has 0 radical (unpaired) electrons. The zero-order valence-electron chi connectivity index (χ0n) is 14.5. The third-order valence-electron chi connectivity index (χ3n) is 4.17. The third kappa shape index (κ3) is 5.21. The number of benzene rings is 2. The van der Waals surface area contributed by atoms with E-state index < -0.39 is 11.9 Å². The summed E-state index contributed by atoms with van der Waals surface area (Å²) in [5.41, 5.74) is 0.186. The van der Waals surface area contributed by atoms with Crippen LogP contribution in [0.2, 0.25) is 0 Å². The Kier molecular flexibility index (Phi) is 6.81. The van der Waals surface area contributed by atoms with E-state index in [1.165, 1.54) is 43.9 Å². The molecule has 0 fully saturated rings.